The van der Waals surface area contributed by atoms with E-state index < -0.39 is 5.72 Å². The summed E-state index contributed by atoms with van der Waals surface area (Å²) >= 11 is 1.60. The van der Waals surface area contributed by atoms with Gasteiger partial charge in [-0.05, 0) is 42.6 Å². The maximum Gasteiger partial charge on any atom is 0.325 e. The number of anilines is 1. The van der Waals surface area contributed by atoms with Crippen molar-refractivity contribution in [3.63, 3.8) is 0 Å². The molecule has 3 heterocycles. The molecule has 152 valence electrons. The van der Waals surface area contributed by atoms with Gasteiger partial charge < -0.3 is 15.4 Å². The Morgan fingerprint density at radius 1 is 1.23 bits per heavy atom. The van der Waals surface area contributed by atoms with Crippen molar-refractivity contribution >= 4 is 29.0 Å². The molecular formula is C23H21N3O3S. The van der Waals surface area contributed by atoms with Crippen molar-refractivity contribution in [1.82, 2.24) is 10.6 Å². The largest absolute Gasteiger partial charge is 0.467 e. The van der Waals surface area contributed by atoms with Crippen molar-refractivity contribution in [2.24, 2.45) is 0 Å². The highest BCUT2D eigenvalue weighted by Crippen LogP contribution is 2.45. The Kier molecular flexibility index (Phi) is 4.47. The first-order valence-electron chi connectivity index (χ1n) is 9.83. The molecule has 5 rings (SSSR count). The zero-order valence-electron chi connectivity index (χ0n) is 16.4. The summed E-state index contributed by atoms with van der Waals surface area (Å²) in [7, 11) is 0. The zero-order valence-corrected chi connectivity index (χ0v) is 17.2. The van der Waals surface area contributed by atoms with Gasteiger partial charge in [0.25, 0.3) is 5.91 Å². The Morgan fingerprint density at radius 3 is 2.93 bits per heavy atom. The normalized spacial score (nSPS) is 22.0. The summed E-state index contributed by atoms with van der Waals surface area (Å²) in [5.74, 6) is 0.590. The van der Waals surface area contributed by atoms with Crippen molar-refractivity contribution < 1.29 is 14.3 Å². The van der Waals surface area contributed by atoms with Crippen LogP contribution in [0.4, 0.5) is 10.5 Å². The number of para-hydroxylation sites is 1. The van der Waals surface area contributed by atoms with E-state index in [0.717, 1.165) is 16.2 Å². The Hall–Kier alpha value is -3.32. The van der Waals surface area contributed by atoms with Gasteiger partial charge in [-0.3, -0.25) is 9.69 Å². The van der Waals surface area contributed by atoms with E-state index in [1.807, 2.05) is 54.8 Å². The Bertz CT molecular complexity index is 1110. The molecule has 0 aliphatic carbocycles. The standard InChI is InChI=1S/C23H21N3O3S/c1-23-13-19(18-9-2-3-10-20(18)29-23)25-22(28)26(23)16-7-4-6-15(12-16)21(27)24-14-17-8-5-11-30-17/h2-12,19H,13-14H2,1H3,(H,24,27)(H,25,28). The van der Waals surface area contributed by atoms with Gasteiger partial charge in [0, 0.05) is 22.4 Å². The van der Waals surface area contributed by atoms with Crippen LogP contribution in [0.5, 0.6) is 5.75 Å². The van der Waals surface area contributed by atoms with Gasteiger partial charge in [-0.1, -0.05) is 30.3 Å². The number of thiophene rings is 1. The first-order valence-corrected chi connectivity index (χ1v) is 10.7. The predicted molar refractivity (Wildman–Crippen MR) is 116 cm³/mol. The molecule has 2 aromatic carbocycles. The Labute approximate surface area is 178 Å². The average molecular weight is 420 g/mol. The van der Waals surface area contributed by atoms with E-state index in [0.29, 0.717) is 24.2 Å². The third-order valence-electron chi connectivity index (χ3n) is 5.55. The topological polar surface area (TPSA) is 70.7 Å². The summed E-state index contributed by atoms with van der Waals surface area (Å²) in [6.45, 7) is 2.39. The number of nitrogens with one attached hydrogen (secondary N) is 2. The van der Waals surface area contributed by atoms with Crippen LogP contribution in [0.25, 0.3) is 0 Å². The van der Waals surface area contributed by atoms with E-state index in [4.69, 9.17) is 4.74 Å². The van der Waals surface area contributed by atoms with E-state index in [-0.39, 0.29) is 18.0 Å². The van der Waals surface area contributed by atoms with Crippen LogP contribution < -0.4 is 20.3 Å². The van der Waals surface area contributed by atoms with E-state index >= 15 is 0 Å². The van der Waals surface area contributed by atoms with Crippen molar-refractivity contribution in [1.29, 1.82) is 0 Å². The van der Waals surface area contributed by atoms with Gasteiger partial charge in [0.15, 0.2) is 5.72 Å². The van der Waals surface area contributed by atoms with Crippen LogP contribution in [0.2, 0.25) is 0 Å². The van der Waals surface area contributed by atoms with Gasteiger partial charge in [-0.25, -0.2) is 4.79 Å². The van der Waals surface area contributed by atoms with Crippen molar-refractivity contribution in [2.45, 2.75) is 31.7 Å². The highest BCUT2D eigenvalue weighted by atomic mass is 32.1. The predicted octanol–water partition coefficient (Wildman–Crippen LogP) is 4.45. The van der Waals surface area contributed by atoms with Crippen LogP contribution in [0.3, 0.4) is 0 Å². The van der Waals surface area contributed by atoms with Crippen LogP contribution in [0.1, 0.15) is 40.2 Å². The zero-order chi connectivity index (χ0) is 20.7. The number of ether oxygens (including phenoxy) is 1. The molecule has 1 aromatic heterocycles. The summed E-state index contributed by atoms with van der Waals surface area (Å²) in [5, 5.41) is 7.99. The van der Waals surface area contributed by atoms with E-state index in [9.17, 15) is 9.59 Å². The third kappa shape index (κ3) is 3.21. The fraction of sp³-hybridized carbons (Fsp3) is 0.217. The molecule has 2 N–H and O–H groups in total. The van der Waals surface area contributed by atoms with Gasteiger partial charge in [0.1, 0.15) is 5.75 Å². The summed E-state index contributed by atoms with van der Waals surface area (Å²) in [6, 6.07) is 18.5. The number of carbonyl (C=O) groups excluding carboxylic acids is 2. The lowest BCUT2D eigenvalue weighted by Crippen LogP contribution is -2.65. The smallest absolute Gasteiger partial charge is 0.325 e. The minimum absolute atomic E-state index is 0.0963. The lowest BCUT2D eigenvalue weighted by atomic mass is 9.90. The number of urea groups is 1. The highest BCUT2D eigenvalue weighted by molar-refractivity contribution is 7.09. The summed E-state index contributed by atoms with van der Waals surface area (Å²) in [5.41, 5.74) is 1.27. The first kappa shape index (κ1) is 18.7. The lowest BCUT2D eigenvalue weighted by molar-refractivity contribution is 0.0378. The summed E-state index contributed by atoms with van der Waals surface area (Å²) in [6.07, 6.45) is 0.616. The maximum atomic E-state index is 13.0. The second kappa shape index (κ2) is 7.18. The molecule has 2 atom stereocenters. The average Bonchev–Trinajstić information content (AvgIpc) is 3.25. The molecule has 2 unspecified atom stereocenters. The van der Waals surface area contributed by atoms with Gasteiger partial charge >= 0.3 is 6.03 Å². The summed E-state index contributed by atoms with van der Waals surface area (Å²) < 4.78 is 6.29. The quantitative estimate of drug-likeness (QED) is 0.656. The molecule has 30 heavy (non-hydrogen) atoms. The molecule has 7 heteroatoms. The minimum Gasteiger partial charge on any atom is -0.467 e. The van der Waals surface area contributed by atoms with Crippen LogP contribution in [0.15, 0.2) is 66.0 Å². The molecule has 1 saturated heterocycles. The molecule has 6 nitrogen and oxygen atoms in total. The van der Waals surface area contributed by atoms with E-state index in [1.165, 1.54) is 0 Å². The van der Waals surface area contributed by atoms with Gasteiger partial charge in [-0.15, -0.1) is 11.3 Å². The number of carbonyl (C=O) groups is 2. The molecule has 2 aliphatic heterocycles. The van der Waals surface area contributed by atoms with Crippen LogP contribution in [-0.2, 0) is 6.54 Å². The van der Waals surface area contributed by atoms with Crippen LogP contribution >= 0.6 is 11.3 Å². The van der Waals surface area contributed by atoms with Crippen molar-refractivity contribution in [3.8, 4) is 5.75 Å². The first-order chi connectivity index (χ1) is 14.5. The third-order valence-corrected chi connectivity index (χ3v) is 6.43. The number of nitrogens with zero attached hydrogens (tertiary/aromatic N) is 1. The maximum absolute atomic E-state index is 13.0. The Morgan fingerprint density at radius 2 is 2.10 bits per heavy atom. The molecule has 1 fully saturated rings. The van der Waals surface area contributed by atoms with Crippen LogP contribution in [0, 0.1) is 0 Å². The monoisotopic (exact) mass is 419 g/mol. The van der Waals surface area contributed by atoms with Gasteiger partial charge in [0.05, 0.1) is 18.3 Å². The van der Waals surface area contributed by atoms with Crippen molar-refractivity contribution in [3.05, 3.63) is 82.0 Å². The molecule has 0 saturated carbocycles. The molecular weight excluding hydrogens is 398 g/mol. The number of hydrogen-bond acceptors (Lipinski definition) is 4. The fourth-order valence-electron chi connectivity index (χ4n) is 4.18. The molecule has 3 aromatic rings. The molecule has 2 aliphatic rings. The van der Waals surface area contributed by atoms with E-state index in [2.05, 4.69) is 10.6 Å². The van der Waals surface area contributed by atoms with Crippen LogP contribution in [-0.4, -0.2) is 17.7 Å². The number of rotatable bonds is 4. The lowest BCUT2D eigenvalue weighted by Gasteiger charge is -2.50. The fourth-order valence-corrected chi connectivity index (χ4v) is 4.83. The number of benzene rings is 2. The molecule has 2 bridgehead atoms. The second-order valence-electron chi connectivity index (χ2n) is 7.67. The number of fused-ring (bicyclic) bond motifs is 4. The number of amides is 3. The second-order valence-corrected chi connectivity index (χ2v) is 8.70. The minimum atomic E-state index is -0.840. The molecule has 0 radical (unpaired) electrons. The van der Waals surface area contributed by atoms with Gasteiger partial charge in [0.2, 0.25) is 0 Å². The molecule has 0 spiro atoms. The highest BCUT2D eigenvalue weighted by Gasteiger charge is 2.49. The van der Waals surface area contributed by atoms with Crippen molar-refractivity contribution in [2.75, 3.05) is 4.90 Å². The SMILES string of the molecule is CC12CC(NC(=O)N1c1cccc(C(=O)NCc3cccs3)c1)c1ccccc1O2. The van der Waals surface area contributed by atoms with Gasteiger partial charge in [-0.2, -0.15) is 0 Å². The number of hydrogen-bond donors (Lipinski definition) is 2. The summed E-state index contributed by atoms with van der Waals surface area (Å²) in [4.78, 5) is 28.4. The Balaban J connectivity index is 1.42. The van der Waals surface area contributed by atoms with E-state index in [1.54, 1.807) is 34.4 Å². The molecule has 3 amide bonds.